The lowest BCUT2D eigenvalue weighted by Crippen LogP contribution is -2.28. The lowest BCUT2D eigenvalue weighted by Gasteiger charge is -2.14. The summed E-state index contributed by atoms with van der Waals surface area (Å²) >= 11 is 3.32. The molecular formula is C20H21BrN4O2S. The summed E-state index contributed by atoms with van der Waals surface area (Å²) in [5.74, 6) is 0. The molecule has 0 saturated carbocycles. The van der Waals surface area contributed by atoms with Crippen LogP contribution in [0.5, 0.6) is 0 Å². The summed E-state index contributed by atoms with van der Waals surface area (Å²) in [6, 6.07) is 10.6. The molecule has 1 aromatic carbocycles. The number of rotatable bonds is 6. The number of sulfonamides is 1. The number of halogens is 1. The van der Waals surface area contributed by atoms with Gasteiger partial charge >= 0.3 is 0 Å². The van der Waals surface area contributed by atoms with Gasteiger partial charge in [0.2, 0.25) is 10.0 Å². The standard InChI is InChI=1S/C20H21BrN4O2S/c21-16-5-7-17(8-6-16)28(26,27)23-13-14-25-19-4-2-1-3-18(19)20(24-25)15-9-11-22-12-10-15/h5-12,23H,1-4,13-14H2. The van der Waals surface area contributed by atoms with Crippen LogP contribution >= 0.6 is 15.9 Å². The zero-order valence-electron chi connectivity index (χ0n) is 15.3. The summed E-state index contributed by atoms with van der Waals surface area (Å²) in [6.07, 6.45) is 7.84. The van der Waals surface area contributed by atoms with Crippen LogP contribution in [-0.2, 0) is 29.4 Å². The number of nitrogens with one attached hydrogen (secondary N) is 1. The van der Waals surface area contributed by atoms with Crippen molar-refractivity contribution in [1.82, 2.24) is 19.5 Å². The fourth-order valence-corrected chi connectivity index (χ4v) is 4.87. The number of hydrogen-bond donors (Lipinski definition) is 1. The van der Waals surface area contributed by atoms with Crippen molar-refractivity contribution >= 4 is 26.0 Å². The van der Waals surface area contributed by atoms with Crippen LogP contribution in [0.3, 0.4) is 0 Å². The lowest BCUT2D eigenvalue weighted by molar-refractivity contribution is 0.539. The van der Waals surface area contributed by atoms with Gasteiger partial charge in [0.1, 0.15) is 0 Å². The molecule has 6 nitrogen and oxygen atoms in total. The first kappa shape index (κ1) is 19.3. The Labute approximate surface area is 173 Å². The van der Waals surface area contributed by atoms with Gasteiger partial charge in [-0.15, -0.1) is 0 Å². The number of benzene rings is 1. The summed E-state index contributed by atoms with van der Waals surface area (Å²) in [5.41, 5.74) is 4.56. The van der Waals surface area contributed by atoms with Crippen LogP contribution in [0.4, 0.5) is 0 Å². The Morgan fingerprint density at radius 1 is 1.04 bits per heavy atom. The van der Waals surface area contributed by atoms with E-state index < -0.39 is 10.0 Å². The molecule has 3 aromatic rings. The van der Waals surface area contributed by atoms with E-state index in [4.69, 9.17) is 5.10 Å². The first-order chi connectivity index (χ1) is 13.5. The number of nitrogens with zero attached hydrogens (tertiary/aromatic N) is 3. The van der Waals surface area contributed by atoms with E-state index in [0.29, 0.717) is 13.1 Å². The van der Waals surface area contributed by atoms with E-state index in [1.807, 2.05) is 16.8 Å². The lowest BCUT2D eigenvalue weighted by atomic mass is 9.94. The van der Waals surface area contributed by atoms with Crippen LogP contribution in [0.1, 0.15) is 24.1 Å². The first-order valence-electron chi connectivity index (χ1n) is 9.29. The topological polar surface area (TPSA) is 76.9 Å². The second-order valence-electron chi connectivity index (χ2n) is 6.79. The maximum atomic E-state index is 12.5. The average Bonchev–Trinajstić information content (AvgIpc) is 3.08. The van der Waals surface area contributed by atoms with E-state index in [-0.39, 0.29) is 4.90 Å². The van der Waals surface area contributed by atoms with E-state index in [2.05, 4.69) is 25.6 Å². The molecule has 0 aliphatic heterocycles. The summed E-state index contributed by atoms with van der Waals surface area (Å²) in [7, 11) is -3.53. The molecule has 2 aromatic heterocycles. The highest BCUT2D eigenvalue weighted by molar-refractivity contribution is 9.10. The third-order valence-electron chi connectivity index (χ3n) is 4.95. The van der Waals surface area contributed by atoms with Crippen LogP contribution < -0.4 is 4.72 Å². The Bertz CT molecular complexity index is 1060. The van der Waals surface area contributed by atoms with Gasteiger partial charge in [-0.2, -0.15) is 5.10 Å². The minimum Gasteiger partial charge on any atom is -0.267 e. The second-order valence-corrected chi connectivity index (χ2v) is 9.47. The molecule has 4 rings (SSSR count). The quantitative estimate of drug-likeness (QED) is 0.609. The van der Waals surface area contributed by atoms with Gasteiger partial charge in [0.15, 0.2) is 0 Å². The number of fused-ring (bicyclic) bond motifs is 1. The SMILES string of the molecule is O=S(=O)(NCCn1nc(-c2ccncc2)c2c1CCCC2)c1ccc(Br)cc1. The van der Waals surface area contributed by atoms with Crippen molar-refractivity contribution in [2.75, 3.05) is 6.54 Å². The van der Waals surface area contributed by atoms with E-state index >= 15 is 0 Å². The minimum atomic E-state index is -3.53. The Kier molecular flexibility index (Phi) is 5.61. The van der Waals surface area contributed by atoms with Crippen molar-refractivity contribution in [1.29, 1.82) is 0 Å². The number of hydrogen-bond acceptors (Lipinski definition) is 4. The Hall–Kier alpha value is -2.03. The summed E-state index contributed by atoms with van der Waals surface area (Å²) in [4.78, 5) is 4.35. The van der Waals surface area contributed by atoms with Gasteiger partial charge in [-0.1, -0.05) is 15.9 Å². The monoisotopic (exact) mass is 460 g/mol. The van der Waals surface area contributed by atoms with Crippen LogP contribution in [-0.4, -0.2) is 29.7 Å². The predicted molar refractivity (Wildman–Crippen MR) is 111 cm³/mol. The molecule has 146 valence electrons. The van der Waals surface area contributed by atoms with Crippen molar-refractivity contribution in [3.05, 3.63) is 64.5 Å². The van der Waals surface area contributed by atoms with Gasteiger partial charge in [-0.25, -0.2) is 13.1 Å². The summed E-state index contributed by atoms with van der Waals surface area (Å²) in [6.45, 7) is 0.797. The molecule has 0 radical (unpaired) electrons. The number of aromatic nitrogens is 3. The number of pyridine rings is 1. The molecular weight excluding hydrogens is 440 g/mol. The van der Waals surface area contributed by atoms with Gasteiger partial charge in [0.25, 0.3) is 0 Å². The zero-order valence-corrected chi connectivity index (χ0v) is 17.7. The maximum Gasteiger partial charge on any atom is 0.240 e. The van der Waals surface area contributed by atoms with Gasteiger partial charge in [-0.3, -0.25) is 9.67 Å². The van der Waals surface area contributed by atoms with E-state index in [9.17, 15) is 8.42 Å². The highest BCUT2D eigenvalue weighted by atomic mass is 79.9. The van der Waals surface area contributed by atoms with Crippen molar-refractivity contribution < 1.29 is 8.42 Å². The van der Waals surface area contributed by atoms with Crippen molar-refractivity contribution in [3.63, 3.8) is 0 Å². The van der Waals surface area contributed by atoms with E-state index in [0.717, 1.165) is 41.4 Å². The van der Waals surface area contributed by atoms with Crippen molar-refractivity contribution in [2.45, 2.75) is 37.1 Å². The first-order valence-corrected chi connectivity index (χ1v) is 11.6. The Morgan fingerprint density at radius 3 is 2.50 bits per heavy atom. The molecule has 0 fully saturated rings. The van der Waals surface area contributed by atoms with Gasteiger partial charge in [-0.05, 0) is 62.1 Å². The van der Waals surface area contributed by atoms with Crippen LogP contribution in [0.15, 0.2) is 58.2 Å². The highest BCUT2D eigenvalue weighted by Crippen LogP contribution is 2.30. The van der Waals surface area contributed by atoms with Crippen molar-refractivity contribution in [3.8, 4) is 11.3 Å². The molecule has 0 saturated heterocycles. The fourth-order valence-electron chi connectivity index (χ4n) is 3.58. The molecule has 0 spiro atoms. The highest BCUT2D eigenvalue weighted by Gasteiger charge is 2.22. The molecule has 1 aliphatic rings. The molecule has 2 heterocycles. The molecule has 1 N–H and O–H groups in total. The smallest absolute Gasteiger partial charge is 0.240 e. The molecule has 0 atom stereocenters. The second kappa shape index (κ2) is 8.14. The maximum absolute atomic E-state index is 12.5. The van der Waals surface area contributed by atoms with Crippen LogP contribution in [0.2, 0.25) is 0 Å². The Balaban J connectivity index is 1.52. The molecule has 0 bridgehead atoms. The zero-order chi connectivity index (χ0) is 19.6. The molecule has 8 heteroatoms. The fraction of sp³-hybridized carbons (Fsp3) is 0.300. The third-order valence-corrected chi connectivity index (χ3v) is 6.96. The average molecular weight is 461 g/mol. The third kappa shape index (κ3) is 4.04. The summed E-state index contributed by atoms with van der Waals surface area (Å²) < 4.78 is 30.5. The molecule has 1 aliphatic carbocycles. The molecule has 0 amide bonds. The van der Waals surface area contributed by atoms with E-state index in [1.54, 1.807) is 36.7 Å². The molecule has 0 unspecified atom stereocenters. The van der Waals surface area contributed by atoms with Crippen LogP contribution in [0, 0.1) is 0 Å². The normalized spacial score (nSPS) is 14.0. The van der Waals surface area contributed by atoms with Crippen LogP contribution in [0.25, 0.3) is 11.3 Å². The minimum absolute atomic E-state index is 0.260. The summed E-state index contributed by atoms with van der Waals surface area (Å²) in [5, 5.41) is 4.81. The largest absolute Gasteiger partial charge is 0.267 e. The van der Waals surface area contributed by atoms with Gasteiger partial charge in [0, 0.05) is 40.2 Å². The Morgan fingerprint density at radius 2 is 1.75 bits per heavy atom. The van der Waals surface area contributed by atoms with Gasteiger partial charge < -0.3 is 0 Å². The van der Waals surface area contributed by atoms with Gasteiger partial charge in [0.05, 0.1) is 17.1 Å². The van der Waals surface area contributed by atoms with E-state index in [1.165, 1.54) is 11.3 Å². The molecule has 28 heavy (non-hydrogen) atoms. The predicted octanol–water partition coefficient (Wildman–Crippen LogP) is 3.56. The van der Waals surface area contributed by atoms with Crippen molar-refractivity contribution in [2.24, 2.45) is 0 Å².